The minimum absolute atomic E-state index is 0. The molecule has 1 aliphatic rings. The van der Waals surface area contributed by atoms with Gasteiger partial charge in [-0.25, -0.2) is 13.8 Å². The number of aromatic nitrogens is 2. The van der Waals surface area contributed by atoms with Crippen molar-refractivity contribution in [3.05, 3.63) is 199 Å². The van der Waals surface area contributed by atoms with Crippen LogP contribution in [0.1, 0.15) is 50.7 Å². The van der Waals surface area contributed by atoms with Crippen LogP contribution in [0.3, 0.4) is 0 Å². The number of benzene rings is 7. The van der Waals surface area contributed by atoms with Gasteiger partial charge in [-0.1, -0.05) is 112 Å². The Morgan fingerprint density at radius 2 is 1.27 bits per heavy atom. The van der Waals surface area contributed by atoms with E-state index in [0.29, 0.717) is 17.2 Å². The summed E-state index contributed by atoms with van der Waals surface area (Å²) < 4.78 is 38.6. The second kappa shape index (κ2) is 16.7. The van der Waals surface area contributed by atoms with Crippen LogP contribution >= 0.6 is 0 Å². The number of anilines is 4. The number of fused-ring (bicyclic) bond motifs is 4. The average Bonchev–Trinajstić information content (AvgIpc) is 3.82. The van der Waals surface area contributed by atoms with Crippen molar-refractivity contribution < 1.29 is 34.6 Å². The molecule has 0 spiro atoms. The Balaban J connectivity index is 0.00000490. The van der Waals surface area contributed by atoms with E-state index in [2.05, 4.69) is 111 Å². The number of rotatable bonds is 9. The van der Waals surface area contributed by atoms with Gasteiger partial charge in [0.25, 0.3) is 0 Å². The molecule has 1 aliphatic heterocycles. The van der Waals surface area contributed by atoms with Gasteiger partial charge < -0.3 is 19.1 Å². The molecule has 2 aromatic heterocycles. The zero-order valence-corrected chi connectivity index (χ0v) is 36.8. The molecule has 7 aromatic carbocycles. The van der Waals surface area contributed by atoms with Crippen LogP contribution in [0.25, 0.3) is 49.9 Å². The van der Waals surface area contributed by atoms with E-state index in [0.717, 1.165) is 61.8 Å². The van der Waals surface area contributed by atoms with Crippen molar-refractivity contribution >= 4 is 44.6 Å². The van der Waals surface area contributed by atoms with Crippen LogP contribution in [0.15, 0.2) is 158 Å². The Morgan fingerprint density at radius 3 is 1.98 bits per heavy atom. The molecule has 5 nitrogen and oxygen atoms in total. The fourth-order valence-electron chi connectivity index (χ4n) is 8.53. The summed E-state index contributed by atoms with van der Waals surface area (Å²) in [4.78, 5) is 8.44. The molecule has 0 fully saturated rings. The quantitative estimate of drug-likeness (QED) is 0.135. The molecule has 310 valence electrons. The van der Waals surface area contributed by atoms with Gasteiger partial charge in [-0.2, -0.15) is 6.07 Å². The first kappa shape index (κ1) is 40.8. The van der Waals surface area contributed by atoms with E-state index in [9.17, 15) is 4.39 Å². The molecular weight excluding hydrogens is 954 g/mol. The zero-order valence-electron chi connectivity index (χ0n) is 34.5. The molecule has 0 radical (unpaired) electrons. The van der Waals surface area contributed by atoms with Crippen LogP contribution < -0.4 is 14.5 Å². The maximum atomic E-state index is 15.5. The number of ether oxygens (including phenoxy) is 1. The van der Waals surface area contributed by atoms with Crippen molar-refractivity contribution in [3.63, 3.8) is 0 Å². The fourth-order valence-corrected chi connectivity index (χ4v) is 8.53. The van der Waals surface area contributed by atoms with Crippen LogP contribution in [0, 0.1) is 30.4 Å². The Bertz CT molecular complexity index is 3060. The first-order chi connectivity index (χ1) is 29.7. The van der Waals surface area contributed by atoms with Gasteiger partial charge >= 0.3 is 0 Å². The van der Waals surface area contributed by atoms with Crippen LogP contribution in [0.5, 0.6) is 11.5 Å². The summed E-state index contributed by atoms with van der Waals surface area (Å²) >= 11 is 0. The second-order valence-electron chi connectivity index (χ2n) is 16.0. The second-order valence-corrected chi connectivity index (χ2v) is 16.0. The van der Waals surface area contributed by atoms with Gasteiger partial charge in [-0.3, -0.25) is 0 Å². The number of hydrogen-bond donors (Lipinski definition) is 0. The number of hydrogen-bond acceptors (Lipinski definition) is 4. The van der Waals surface area contributed by atoms with Crippen molar-refractivity contribution in [2.45, 2.75) is 39.5 Å². The Hall–Kier alpha value is -6.56. The van der Waals surface area contributed by atoms with E-state index in [-0.39, 0.29) is 38.6 Å². The average molecular weight is 995 g/mol. The van der Waals surface area contributed by atoms with Gasteiger partial charge in [0.1, 0.15) is 17.5 Å². The third-order valence-electron chi connectivity index (χ3n) is 11.4. The summed E-state index contributed by atoms with van der Waals surface area (Å²) in [5.74, 6) is 0.860. The SMILES string of the molecule is CC(C)c1cc(-c2ccccc2)cc(C(C)C)c1-c1cc(Oc2[c-]c3c(cc2)c2ccccc2n3-c2ccccn2)[c-]c(N2[CH-]N(c3ccc(F)cc3F)c3ccccc32)c1.[Pt]. The topological polar surface area (TPSA) is 33.5 Å². The van der Waals surface area contributed by atoms with E-state index in [4.69, 9.17) is 9.72 Å². The van der Waals surface area contributed by atoms with Crippen molar-refractivity contribution in [2.24, 2.45) is 0 Å². The number of halogens is 2. The van der Waals surface area contributed by atoms with E-state index >= 15 is 4.39 Å². The summed E-state index contributed by atoms with van der Waals surface area (Å²) in [5, 5.41) is 2.12. The number of nitrogens with zero attached hydrogens (tertiary/aromatic N) is 4. The fraction of sp³-hybridized carbons (Fsp3) is 0.111. The normalized spacial score (nSPS) is 12.4. The Labute approximate surface area is 375 Å². The van der Waals surface area contributed by atoms with Crippen LogP contribution in [0.4, 0.5) is 31.5 Å². The van der Waals surface area contributed by atoms with Gasteiger partial charge in [0.2, 0.25) is 0 Å². The van der Waals surface area contributed by atoms with E-state index < -0.39 is 11.6 Å². The molecule has 0 bridgehead atoms. The minimum Gasteiger partial charge on any atom is -0.509 e. The summed E-state index contributed by atoms with van der Waals surface area (Å²) in [7, 11) is 0. The van der Waals surface area contributed by atoms with Gasteiger partial charge in [-0.05, 0) is 87.5 Å². The Kier molecular flexibility index (Phi) is 11.0. The van der Waals surface area contributed by atoms with Gasteiger partial charge in [0, 0.05) is 67.4 Å². The predicted molar refractivity (Wildman–Crippen MR) is 243 cm³/mol. The standard InChI is InChI=1S/C54H41F2N4O.Pt/c1-34(2)45-28-37(36-14-6-5-7-15-36)29-46(35(3)4)54(45)38-26-40(58-33-59(51-19-11-10-18-50(51)58)49-24-21-39(55)30-47(49)56)31-42(27-38)61-41-22-23-44-43-16-8-9-17-48(43)60(52(44)32-41)53-20-12-13-25-57-53;/h5-30,33-35H,1-4H3;/q-3;. The van der Waals surface area contributed by atoms with Crippen molar-refractivity contribution in [3.8, 4) is 39.6 Å². The van der Waals surface area contributed by atoms with Crippen molar-refractivity contribution in [1.29, 1.82) is 0 Å². The number of para-hydroxylation sites is 3. The molecule has 3 heterocycles. The smallest absolute Gasteiger partial charge is 0.147 e. The summed E-state index contributed by atoms with van der Waals surface area (Å²) in [6.07, 6.45) is 1.79. The summed E-state index contributed by atoms with van der Waals surface area (Å²) in [6, 6.07) is 56.1. The molecule has 0 saturated carbocycles. The molecule has 0 atom stereocenters. The van der Waals surface area contributed by atoms with Crippen LogP contribution in [0.2, 0.25) is 0 Å². The summed E-state index contributed by atoms with van der Waals surface area (Å²) in [6.45, 7) is 10.8. The van der Waals surface area contributed by atoms with Gasteiger partial charge in [0.05, 0.1) is 0 Å². The maximum absolute atomic E-state index is 15.5. The molecule has 10 rings (SSSR count). The molecule has 62 heavy (non-hydrogen) atoms. The van der Waals surface area contributed by atoms with Gasteiger partial charge in [-0.15, -0.1) is 53.6 Å². The minimum atomic E-state index is -0.662. The third kappa shape index (κ3) is 7.35. The molecule has 0 N–H and O–H groups in total. The molecule has 0 amide bonds. The first-order valence-electron chi connectivity index (χ1n) is 20.5. The first-order valence-corrected chi connectivity index (χ1v) is 20.5. The third-order valence-corrected chi connectivity index (χ3v) is 11.4. The van der Waals surface area contributed by atoms with Crippen molar-refractivity contribution in [1.82, 2.24) is 9.55 Å². The molecule has 8 heteroatoms. The van der Waals surface area contributed by atoms with E-state index in [1.165, 1.54) is 28.8 Å². The molecular formula is C54H41F2N4OPt-3. The Morgan fingerprint density at radius 1 is 0.581 bits per heavy atom. The zero-order chi connectivity index (χ0) is 41.8. The van der Waals surface area contributed by atoms with Gasteiger partial charge in [0.15, 0.2) is 0 Å². The maximum Gasteiger partial charge on any atom is 0.147 e. The van der Waals surface area contributed by atoms with E-state index in [1.54, 1.807) is 11.1 Å². The predicted octanol–water partition coefficient (Wildman–Crippen LogP) is 14.8. The van der Waals surface area contributed by atoms with E-state index in [1.807, 2.05) is 78.3 Å². The molecule has 9 aromatic rings. The van der Waals surface area contributed by atoms with Crippen molar-refractivity contribution in [2.75, 3.05) is 9.80 Å². The molecule has 0 saturated heterocycles. The van der Waals surface area contributed by atoms with Crippen LogP contribution in [-0.4, -0.2) is 9.55 Å². The summed E-state index contributed by atoms with van der Waals surface area (Å²) in [5.41, 5.74) is 11.2. The monoisotopic (exact) mass is 994 g/mol. The number of pyridine rings is 1. The molecule has 0 unspecified atom stereocenters. The van der Waals surface area contributed by atoms with Crippen LogP contribution in [-0.2, 0) is 21.1 Å². The molecule has 0 aliphatic carbocycles. The largest absolute Gasteiger partial charge is 0.509 e.